The highest BCUT2D eigenvalue weighted by molar-refractivity contribution is 5.79. The van der Waals surface area contributed by atoms with Crippen molar-refractivity contribution in [3.63, 3.8) is 0 Å². The summed E-state index contributed by atoms with van der Waals surface area (Å²) in [6.45, 7) is 6.15. The Bertz CT molecular complexity index is 1010. The zero-order valence-corrected chi connectivity index (χ0v) is 16.9. The number of hydrogen-bond acceptors (Lipinski definition) is 3. The second kappa shape index (κ2) is 7.76. The van der Waals surface area contributed by atoms with Crippen molar-refractivity contribution in [3.8, 4) is 0 Å². The first-order valence-electron chi connectivity index (χ1n) is 10.0. The monoisotopic (exact) mass is 376 g/mol. The van der Waals surface area contributed by atoms with Gasteiger partial charge in [-0.05, 0) is 56.5 Å². The average molecular weight is 377 g/mol. The molecule has 1 saturated heterocycles. The van der Waals surface area contributed by atoms with Crippen molar-refractivity contribution < 1.29 is 4.79 Å². The van der Waals surface area contributed by atoms with E-state index in [1.165, 1.54) is 16.7 Å². The Balaban J connectivity index is 1.41. The summed E-state index contributed by atoms with van der Waals surface area (Å²) in [5.41, 5.74) is 5.99. The van der Waals surface area contributed by atoms with Crippen LogP contribution >= 0.6 is 0 Å². The van der Waals surface area contributed by atoms with Gasteiger partial charge in [-0.1, -0.05) is 35.9 Å². The lowest BCUT2D eigenvalue weighted by molar-refractivity contribution is -0.122. The number of fused-ring (bicyclic) bond motifs is 1. The topological polar surface area (TPSA) is 50.2 Å². The number of benzene rings is 2. The molecule has 1 amide bonds. The molecule has 1 unspecified atom stereocenters. The van der Waals surface area contributed by atoms with Crippen LogP contribution in [0.15, 0.2) is 42.5 Å². The van der Waals surface area contributed by atoms with Crippen LogP contribution in [0.2, 0.25) is 0 Å². The molecular formula is C23H28N4O. The Kier molecular flexibility index (Phi) is 5.18. The fraction of sp³-hybridized carbons (Fsp3) is 0.391. The minimum absolute atomic E-state index is 0.0595. The van der Waals surface area contributed by atoms with Gasteiger partial charge in [-0.2, -0.15) is 0 Å². The number of carbonyl (C=O) groups is 1. The maximum atomic E-state index is 12.6. The summed E-state index contributed by atoms with van der Waals surface area (Å²) in [6.07, 6.45) is 2.25. The van der Waals surface area contributed by atoms with Crippen molar-refractivity contribution in [2.75, 3.05) is 13.1 Å². The first kappa shape index (κ1) is 18.7. The Hall–Kier alpha value is -2.66. The lowest BCUT2D eigenvalue weighted by Gasteiger charge is -2.26. The molecule has 1 aromatic heterocycles. The molecule has 28 heavy (non-hydrogen) atoms. The first-order valence-corrected chi connectivity index (χ1v) is 10.0. The molecule has 0 radical (unpaired) electrons. The van der Waals surface area contributed by atoms with Crippen LogP contribution in [-0.2, 0) is 18.4 Å². The quantitative estimate of drug-likeness (QED) is 0.740. The average Bonchev–Trinajstić information content (AvgIpc) is 3.27. The number of amides is 1. The number of aryl methyl sites for hydroxylation is 3. The molecule has 2 aromatic carbocycles. The molecule has 1 N–H and O–H groups in total. The number of nitrogens with zero attached hydrogens (tertiary/aromatic N) is 3. The third-order valence-corrected chi connectivity index (χ3v) is 5.83. The molecule has 3 aromatic rings. The summed E-state index contributed by atoms with van der Waals surface area (Å²) in [4.78, 5) is 19.6. The zero-order chi connectivity index (χ0) is 19.7. The molecule has 0 aliphatic carbocycles. The van der Waals surface area contributed by atoms with E-state index in [4.69, 9.17) is 0 Å². The lowest BCUT2D eigenvalue weighted by atomic mass is 9.97. The van der Waals surface area contributed by atoms with E-state index in [1.807, 2.05) is 35.9 Å². The number of likely N-dealkylation sites (tertiary alicyclic amines) is 1. The van der Waals surface area contributed by atoms with Crippen molar-refractivity contribution in [3.05, 3.63) is 65.0 Å². The van der Waals surface area contributed by atoms with Crippen molar-refractivity contribution >= 4 is 16.9 Å². The highest BCUT2D eigenvalue weighted by Crippen LogP contribution is 2.33. The molecular weight excluding hydrogens is 348 g/mol. The number of hydrogen-bond donors (Lipinski definition) is 1. The van der Waals surface area contributed by atoms with Crippen LogP contribution in [0.5, 0.6) is 0 Å². The second-order valence-electron chi connectivity index (χ2n) is 7.84. The first-order chi connectivity index (χ1) is 13.5. The van der Waals surface area contributed by atoms with Crippen LogP contribution < -0.4 is 5.32 Å². The smallest absolute Gasteiger partial charge is 0.234 e. The van der Waals surface area contributed by atoms with E-state index in [0.29, 0.717) is 19.1 Å². The van der Waals surface area contributed by atoms with Gasteiger partial charge in [0, 0.05) is 13.1 Å². The van der Waals surface area contributed by atoms with Crippen LogP contribution in [0.25, 0.3) is 11.0 Å². The summed E-state index contributed by atoms with van der Waals surface area (Å²) in [7, 11) is 1.99. The highest BCUT2D eigenvalue weighted by atomic mass is 16.2. The molecule has 1 atom stereocenters. The fourth-order valence-electron chi connectivity index (χ4n) is 4.26. The van der Waals surface area contributed by atoms with E-state index in [0.717, 1.165) is 36.2 Å². The van der Waals surface area contributed by atoms with Gasteiger partial charge in [0.05, 0.1) is 24.1 Å². The van der Waals surface area contributed by atoms with Gasteiger partial charge < -0.3 is 9.88 Å². The van der Waals surface area contributed by atoms with Crippen LogP contribution in [0.3, 0.4) is 0 Å². The largest absolute Gasteiger partial charge is 0.348 e. The molecule has 5 nitrogen and oxygen atoms in total. The fourth-order valence-corrected chi connectivity index (χ4v) is 4.26. The molecule has 1 fully saturated rings. The van der Waals surface area contributed by atoms with Crippen molar-refractivity contribution in [1.82, 2.24) is 19.8 Å². The Morgan fingerprint density at radius 1 is 1.21 bits per heavy atom. The maximum Gasteiger partial charge on any atom is 0.234 e. The van der Waals surface area contributed by atoms with Crippen LogP contribution in [-0.4, -0.2) is 33.4 Å². The minimum Gasteiger partial charge on any atom is -0.348 e. The highest BCUT2D eigenvalue weighted by Gasteiger charge is 2.28. The normalized spacial score (nSPS) is 17.3. The maximum absolute atomic E-state index is 12.6. The number of aromatic nitrogens is 2. The van der Waals surface area contributed by atoms with E-state index in [-0.39, 0.29) is 5.91 Å². The Morgan fingerprint density at radius 2 is 2.04 bits per heavy atom. The third-order valence-electron chi connectivity index (χ3n) is 5.83. The van der Waals surface area contributed by atoms with Gasteiger partial charge in [0.1, 0.15) is 5.82 Å². The number of carbonyl (C=O) groups excluding carboxylic acids is 1. The molecule has 5 heteroatoms. The molecule has 146 valence electrons. The van der Waals surface area contributed by atoms with E-state index in [2.05, 4.69) is 47.2 Å². The molecule has 1 aliphatic rings. The van der Waals surface area contributed by atoms with Crippen molar-refractivity contribution in [1.29, 1.82) is 0 Å². The second-order valence-corrected chi connectivity index (χ2v) is 7.84. The summed E-state index contributed by atoms with van der Waals surface area (Å²) >= 11 is 0. The zero-order valence-electron chi connectivity index (χ0n) is 16.9. The third kappa shape index (κ3) is 3.67. The predicted molar refractivity (Wildman–Crippen MR) is 112 cm³/mol. The van der Waals surface area contributed by atoms with Crippen molar-refractivity contribution in [2.45, 2.75) is 39.3 Å². The number of imidazole rings is 1. The van der Waals surface area contributed by atoms with Crippen LogP contribution in [0.4, 0.5) is 0 Å². The predicted octanol–water partition coefficient (Wildman–Crippen LogP) is 3.64. The van der Waals surface area contributed by atoms with E-state index in [9.17, 15) is 4.79 Å². The molecule has 1 aliphatic heterocycles. The molecule has 0 bridgehead atoms. The van der Waals surface area contributed by atoms with Gasteiger partial charge in [0.25, 0.3) is 0 Å². The SMILES string of the molecule is Cc1ccc(C)c(C2CCCN2CC(=O)NCc2nc3ccccc3n2C)c1. The van der Waals surface area contributed by atoms with E-state index < -0.39 is 0 Å². The van der Waals surface area contributed by atoms with Gasteiger partial charge >= 0.3 is 0 Å². The summed E-state index contributed by atoms with van der Waals surface area (Å²) in [6, 6.07) is 15.0. The summed E-state index contributed by atoms with van der Waals surface area (Å²) in [5.74, 6) is 0.936. The van der Waals surface area contributed by atoms with Crippen molar-refractivity contribution in [2.24, 2.45) is 7.05 Å². The van der Waals surface area contributed by atoms with Gasteiger partial charge in [-0.25, -0.2) is 4.98 Å². The Morgan fingerprint density at radius 3 is 2.86 bits per heavy atom. The molecule has 4 rings (SSSR count). The molecule has 2 heterocycles. The van der Waals surface area contributed by atoms with Gasteiger partial charge in [0.2, 0.25) is 5.91 Å². The number of nitrogens with one attached hydrogen (secondary N) is 1. The van der Waals surface area contributed by atoms with E-state index in [1.54, 1.807) is 0 Å². The van der Waals surface area contributed by atoms with Crippen LogP contribution in [0.1, 0.15) is 41.4 Å². The van der Waals surface area contributed by atoms with Gasteiger partial charge in [-0.15, -0.1) is 0 Å². The lowest BCUT2D eigenvalue weighted by Crippen LogP contribution is -2.37. The standard InChI is InChI=1S/C23H28N4O/c1-16-10-11-17(2)18(13-16)20-9-6-12-27(20)15-23(28)24-14-22-25-19-7-4-5-8-21(19)26(22)3/h4-5,7-8,10-11,13,20H,6,9,12,14-15H2,1-3H3,(H,24,28). The summed E-state index contributed by atoms with van der Waals surface area (Å²) in [5, 5.41) is 3.06. The number of para-hydroxylation sites is 2. The van der Waals surface area contributed by atoms with Crippen LogP contribution in [0, 0.1) is 13.8 Å². The Labute approximate surface area is 166 Å². The van der Waals surface area contributed by atoms with Gasteiger partial charge in [0.15, 0.2) is 0 Å². The van der Waals surface area contributed by atoms with Gasteiger partial charge in [-0.3, -0.25) is 9.69 Å². The molecule has 0 spiro atoms. The minimum atomic E-state index is 0.0595. The number of rotatable bonds is 5. The molecule has 0 saturated carbocycles. The summed E-state index contributed by atoms with van der Waals surface area (Å²) < 4.78 is 2.05. The van der Waals surface area contributed by atoms with E-state index >= 15 is 0 Å².